The molecule has 3 amide bonds. The first-order valence-electron chi connectivity index (χ1n) is 3.86. The van der Waals surface area contributed by atoms with Crippen LogP contribution in [0.4, 0.5) is 0 Å². The Labute approximate surface area is 76.9 Å². The minimum atomic E-state index is -1.06. The van der Waals surface area contributed by atoms with Crippen molar-refractivity contribution in [3.05, 3.63) is 0 Å². The van der Waals surface area contributed by atoms with Gasteiger partial charge in [0, 0.05) is 13.8 Å². The van der Waals surface area contributed by atoms with Crippen molar-refractivity contribution in [1.29, 1.82) is 0 Å². The molecule has 5 nitrogen and oxygen atoms in total. The van der Waals surface area contributed by atoms with E-state index in [4.69, 9.17) is 0 Å². The second kappa shape index (κ2) is 4.02. The van der Waals surface area contributed by atoms with E-state index in [1.807, 2.05) is 0 Å². The molecule has 0 spiro atoms. The summed E-state index contributed by atoms with van der Waals surface area (Å²) in [6.45, 7) is 5.59. The summed E-state index contributed by atoms with van der Waals surface area (Å²) >= 11 is 0. The topological polar surface area (TPSA) is 75.3 Å². The lowest BCUT2D eigenvalue weighted by Gasteiger charge is -2.23. The molecule has 0 bridgehead atoms. The van der Waals surface area contributed by atoms with Crippen LogP contribution in [-0.2, 0) is 14.4 Å². The highest BCUT2D eigenvalue weighted by Crippen LogP contribution is 2.01. The van der Waals surface area contributed by atoms with Crippen molar-refractivity contribution < 1.29 is 14.4 Å². The van der Waals surface area contributed by atoms with E-state index in [1.54, 1.807) is 0 Å². The first-order valence-corrected chi connectivity index (χ1v) is 3.86. The van der Waals surface area contributed by atoms with Crippen LogP contribution < -0.4 is 10.6 Å². The van der Waals surface area contributed by atoms with Crippen molar-refractivity contribution in [2.45, 2.75) is 33.2 Å². The van der Waals surface area contributed by atoms with E-state index < -0.39 is 17.4 Å². The first kappa shape index (κ1) is 11.6. The number of imide groups is 1. The van der Waals surface area contributed by atoms with Crippen LogP contribution in [0, 0.1) is 0 Å². The van der Waals surface area contributed by atoms with Crippen LogP contribution in [0.15, 0.2) is 0 Å². The van der Waals surface area contributed by atoms with Crippen LogP contribution in [0.3, 0.4) is 0 Å². The van der Waals surface area contributed by atoms with Crippen molar-refractivity contribution in [3.8, 4) is 0 Å². The van der Waals surface area contributed by atoms with Gasteiger partial charge in [0.15, 0.2) is 0 Å². The number of hydrogen-bond acceptors (Lipinski definition) is 3. The summed E-state index contributed by atoms with van der Waals surface area (Å²) in [4.78, 5) is 32.5. The van der Waals surface area contributed by atoms with Gasteiger partial charge in [-0.2, -0.15) is 0 Å². The summed E-state index contributed by atoms with van der Waals surface area (Å²) < 4.78 is 0. The Morgan fingerprint density at radius 2 is 1.46 bits per heavy atom. The van der Waals surface area contributed by atoms with Gasteiger partial charge < -0.3 is 5.32 Å². The van der Waals surface area contributed by atoms with Crippen molar-refractivity contribution >= 4 is 17.7 Å². The fourth-order valence-electron chi connectivity index (χ4n) is 0.813. The van der Waals surface area contributed by atoms with Gasteiger partial charge in [-0.15, -0.1) is 0 Å². The lowest BCUT2D eigenvalue weighted by Crippen LogP contribution is -2.55. The van der Waals surface area contributed by atoms with Crippen LogP contribution in [0.25, 0.3) is 0 Å². The summed E-state index contributed by atoms with van der Waals surface area (Å²) in [5, 5.41) is 4.52. The Balaban J connectivity index is 4.35. The van der Waals surface area contributed by atoms with Crippen LogP contribution in [0.2, 0.25) is 0 Å². The summed E-state index contributed by atoms with van der Waals surface area (Å²) in [5.41, 5.74) is -1.06. The Kier molecular flexibility index (Phi) is 3.59. The van der Waals surface area contributed by atoms with Gasteiger partial charge in [0.25, 0.3) is 5.91 Å². The molecule has 0 saturated carbocycles. The molecule has 0 unspecified atom stereocenters. The first-order chi connectivity index (χ1) is 5.75. The highest BCUT2D eigenvalue weighted by atomic mass is 16.2. The maximum absolute atomic E-state index is 11.3. The van der Waals surface area contributed by atoms with Crippen molar-refractivity contribution in [3.63, 3.8) is 0 Å². The van der Waals surface area contributed by atoms with E-state index in [2.05, 4.69) is 10.6 Å². The summed E-state index contributed by atoms with van der Waals surface area (Å²) in [6.07, 6.45) is 0. The molecular weight excluding hydrogens is 172 g/mol. The summed E-state index contributed by atoms with van der Waals surface area (Å²) in [6, 6.07) is 0. The molecule has 0 rings (SSSR count). The van der Waals surface area contributed by atoms with Crippen LogP contribution in [0.1, 0.15) is 27.7 Å². The quantitative estimate of drug-likeness (QED) is 0.614. The van der Waals surface area contributed by atoms with E-state index in [9.17, 15) is 14.4 Å². The molecule has 0 aromatic heterocycles. The average molecular weight is 186 g/mol. The third-order valence-corrected chi connectivity index (χ3v) is 1.35. The zero-order valence-corrected chi connectivity index (χ0v) is 8.22. The molecule has 0 radical (unpaired) electrons. The van der Waals surface area contributed by atoms with E-state index in [0.29, 0.717) is 0 Å². The van der Waals surface area contributed by atoms with Gasteiger partial charge in [-0.05, 0) is 13.8 Å². The number of amides is 3. The summed E-state index contributed by atoms with van der Waals surface area (Å²) in [7, 11) is 0. The number of carbonyl (C=O) groups is 3. The van der Waals surface area contributed by atoms with Gasteiger partial charge in [0.2, 0.25) is 11.8 Å². The molecule has 13 heavy (non-hydrogen) atoms. The summed E-state index contributed by atoms with van der Waals surface area (Å²) in [5.74, 6) is -1.28. The zero-order chi connectivity index (χ0) is 10.6. The van der Waals surface area contributed by atoms with Crippen molar-refractivity contribution in [1.82, 2.24) is 10.6 Å². The van der Waals surface area contributed by atoms with Crippen molar-refractivity contribution in [2.24, 2.45) is 0 Å². The van der Waals surface area contributed by atoms with Crippen LogP contribution in [0.5, 0.6) is 0 Å². The third kappa shape index (κ3) is 4.25. The molecule has 0 fully saturated rings. The molecule has 0 heterocycles. The molecule has 2 N–H and O–H groups in total. The largest absolute Gasteiger partial charge is 0.342 e. The lowest BCUT2D eigenvalue weighted by molar-refractivity contribution is -0.135. The van der Waals surface area contributed by atoms with Gasteiger partial charge in [-0.1, -0.05) is 0 Å². The number of hydrogen-bond donors (Lipinski definition) is 2. The van der Waals surface area contributed by atoms with Gasteiger partial charge in [-0.25, -0.2) is 0 Å². The van der Waals surface area contributed by atoms with Crippen LogP contribution in [-0.4, -0.2) is 23.3 Å². The predicted octanol–water partition coefficient (Wildman–Crippen LogP) is -0.436. The number of carbonyl (C=O) groups excluding carboxylic acids is 3. The monoisotopic (exact) mass is 186 g/mol. The fourth-order valence-corrected chi connectivity index (χ4v) is 0.813. The Hall–Kier alpha value is -1.39. The SMILES string of the molecule is CC(=O)NC(=O)C(C)(C)NC(C)=O. The third-order valence-electron chi connectivity index (χ3n) is 1.35. The van der Waals surface area contributed by atoms with Crippen LogP contribution >= 0.6 is 0 Å². The smallest absolute Gasteiger partial charge is 0.251 e. The molecule has 0 atom stereocenters. The fraction of sp³-hybridized carbons (Fsp3) is 0.625. The number of nitrogens with one attached hydrogen (secondary N) is 2. The highest BCUT2D eigenvalue weighted by Gasteiger charge is 2.28. The maximum atomic E-state index is 11.3. The Morgan fingerprint density at radius 1 is 1.00 bits per heavy atom. The zero-order valence-electron chi connectivity index (χ0n) is 8.22. The molecule has 0 aromatic rings. The van der Waals surface area contributed by atoms with Gasteiger partial charge in [0.05, 0.1) is 0 Å². The molecule has 0 aliphatic rings. The second-order valence-electron chi connectivity index (χ2n) is 3.32. The second-order valence-corrected chi connectivity index (χ2v) is 3.32. The maximum Gasteiger partial charge on any atom is 0.251 e. The van der Waals surface area contributed by atoms with Gasteiger partial charge >= 0.3 is 0 Å². The molecular formula is C8H14N2O3. The molecule has 0 saturated heterocycles. The van der Waals surface area contributed by atoms with Crippen molar-refractivity contribution in [2.75, 3.05) is 0 Å². The molecule has 0 aliphatic heterocycles. The molecule has 0 aromatic carbocycles. The molecule has 74 valence electrons. The molecule has 0 aliphatic carbocycles. The minimum absolute atomic E-state index is 0.316. The van der Waals surface area contributed by atoms with E-state index in [0.717, 1.165) is 0 Å². The Morgan fingerprint density at radius 3 is 1.77 bits per heavy atom. The normalized spacial score (nSPS) is 10.5. The standard InChI is InChI=1S/C8H14N2O3/c1-5(11)9-7(13)8(3,4)10-6(2)12/h1-4H3,(H,10,12)(H,9,11,13). The lowest BCUT2D eigenvalue weighted by atomic mass is 10.0. The highest BCUT2D eigenvalue weighted by molar-refractivity contribution is 6.00. The minimum Gasteiger partial charge on any atom is -0.342 e. The average Bonchev–Trinajstić information content (AvgIpc) is 1.81. The molecule has 5 heteroatoms. The van der Waals surface area contributed by atoms with Gasteiger partial charge in [0.1, 0.15) is 5.54 Å². The Bertz CT molecular complexity index is 246. The van der Waals surface area contributed by atoms with E-state index in [1.165, 1.54) is 27.7 Å². The number of rotatable bonds is 2. The predicted molar refractivity (Wildman–Crippen MR) is 46.7 cm³/mol. The van der Waals surface area contributed by atoms with Gasteiger partial charge in [-0.3, -0.25) is 19.7 Å². The van der Waals surface area contributed by atoms with E-state index >= 15 is 0 Å². The van der Waals surface area contributed by atoms with E-state index in [-0.39, 0.29) is 5.91 Å².